The molecule has 1 aliphatic rings. The van der Waals surface area contributed by atoms with Crippen molar-refractivity contribution in [1.29, 1.82) is 0 Å². The molecule has 0 saturated heterocycles. The van der Waals surface area contributed by atoms with Crippen molar-refractivity contribution < 1.29 is 14.4 Å². The van der Waals surface area contributed by atoms with Gasteiger partial charge in [-0.25, -0.2) is 29.3 Å². The molecule has 2 rings (SSSR count). The lowest BCUT2D eigenvalue weighted by Gasteiger charge is -2.09. The number of allylic oxidation sites excluding steroid dienone is 1. The van der Waals surface area contributed by atoms with E-state index in [-0.39, 0.29) is 33.1 Å². The quantitative estimate of drug-likeness (QED) is 0.457. The molecule has 0 saturated carbocycles. The summed E-state index contributed by atoms with van der Waals surface area (Å²) in [6.45, 7) is 0. The van der Waals surface area contributed by atoms with Crippen LogP contribution in [0.1, 0.15) is 5.82 Å². The van der Waals surface area contributed by atoms with E-state index in [9.17, 15) is 14.4 Å². The van der Waals surface area contributed by atoms with Crippen LogP contribution < -0.4 is 15.9 Å². The maximum atomic E-state index is 10.7. The van der Waals surface area contributed by atoms with Crippen LogP contribution in [0.2, 0.25) is 5.15 Å². The molecule has 0 bridgehead atoms. The lowest BCUT2D eigenvalue weighted by molar-refractivity contribution is 0.563. The van der Waals surface area contributed by atoms with Crippen molar-refractivity contribution in [2.24, 2.45) is 4.99 Å². The number of nitrogens with zero attached hydrogens (tertiary/aromatic N) is 3. The van der Waals surface area contributed by atoms with Crippen LogP contribution in [0.3, 0.4) is 0 Å². The van der Waals surface area contributed by atoms with Gasteiger partial charge in [-0.2, -0.15) is 0 Å². The first-order chi connectivity index (χ1) is 9.19. The molecule has 0 atom stereocenters. The number of halogens is 1. The number of nitrogens with one attached hydrogen (secondary N) is 1. The van der Waals surface area contributed by atoms with Crippen LogP contribution >= 0.6 is 11.6 Å². The van der Waals surface area contributed by atoms with E-state index in [1.165, 1.54) is 24.2 Å². The highest BCUT2D eigenvalue weighted by atomic mass is 35.5. The van der Waals surface area contributed by atoms with Crippen molar-refractivity contribution in [3.8, 4) is 0 Å². The Bertz CT molecular complexity index is 826. The fraction of sp³-hybridized carbons (Fsp3) is 0. The van der Waals surface area contributed by atoms with Crippen LogP contribution in [0.15, 0.2) is 23.0 Å². The lowest BCUT2D eigenvalue weighted by Crippen LogP contribution is -2.38. The van der Waals surface area contributed by atoms with Gasteiger partial charge in [0.15, 0.2) is 34.0 Å². The molecule has 0 unspecified atom stereocenters. The fourth-order valence-electron chi connectivity index (χ4n) is 1.26. The van der Waals surface area contributed by atoms with E-state index in [0.717, 1.165) is 0 Å². The molecule has 0 amide bonds. The summed E-state index contributed by atoms with van der Waals surface area (Å²) >= 11 is 5.73. The summed E-state index contributed by atoms with van der Waals surface area (Å²) in [5.74, 6) is 4.58. The van der Waals surface area contributed by atoms with E-state index in [1.807, 2.05) is 0 Å². The van der Waals surface area contributed by atoms with E-state index in [2.05, 4.69) is 20.3 Å². The number of rotatable bonds is 1. The SMILES string of the molecule is O=C=C1C=CN=C(c2nc(Cl)c(=C=O)c(=C=O)n2)N1. The summed E-state index contributed by atoms with van der Waals surface area (Å²) in [6.07, 6.45) is 2.71. The average molecular weight is 275 g/mol. The van der Waals surface area contributed by atoms with Crippen LogP contribution in [0.25, 0.3) is 0 Å². The van der Waals surface area contributed by atoms with Gasteiger partial charge >= 0.3 is 0 Å². The van der Waals surface area contributed by atoms with E-state index in [4.69, 9.17) is 11.6 Å². The normalized spacial score (nSPS) is 12.9. The first-order valence-corrected chi connectivity index (χ1v) is 5.18. The van der Waals surface area contributed by atoms with Crippen LogP contribution in [-0.2, 0) is 14.4 Å². The van der Waals surface area contributed by atoms with E-state index in [1.54, 1.807) is 5.94 Å². The third kappa shape index (κ3) is 2.40. The minimum Gasteiger partial charge on any atom is -0.328 e. The van der Waals surface area contributed by atoms with Crippen molar-refractivity contribution in [2.75, 3.05) is 0 Å². The van der Waals surface area contributed by atoms with Crippen molar-refractivity contribution in [2.45, 2.75) is 0 Å². The van der Waals surface area contributed by atoms with E-state index in [0.29, 0.717) is 0 Å². The van der Waals surface area contributed by atoms with Gasteiger partial charge in [0.2, 0.25) is 0 Å². The smallest absolute Gasteiger partial charge is 0.198 e. The van der Waals surface area contributed by atoms with Crippen LogP contribution in [0, 0.1) is 0 Å². The standard InChI is InChI=1S/C11H3ClN4O3/c12-9-7(4-18)8(5-19)15-11(16-9)10-13-2-1-6(3-17)14-10/h1-2H,(H,13,14). The van der Waals surface area contributed by atoms with Gasteiger partial charge in [0.1, 0.15) is 16.9 Å². The van der Waals surface area contributed by atoms with Crippen LogP contribution in [0.5, 0.6) is 0 Å². The van der Waals surface area contributed by atoms with Gasteiger partial charge in [-0.15, -0.1) is 0 Å². The number of aliphatic imine (C=N–C) groups is 1. The molecule has 0 radical (unpaired) electrons. The summed E-state index contributed by atoms with van der Waals surface area (Å²) in [7, 11) is 0. The number of amidine groups is 1. The maximum absolute atomic E-state index is 10.7. The third-order valence-corrected chi connectivity index (χ3v) is 2.36. The van der Waals surface area contributed by atoms with Gasteiger partial charge in [-0.3, -0.25) is 0 Å². The summed E-state index contributed by atoms with van der Waals surface area (Å²) in [4.78, 5) is 43.3. The van der Waals surface area contributed by atoms with Gasteiger partial charge in [0.25, 0.3) is 0 Å². The zero-order valence-electron chi connectivity index (χ0n) is 9.10. The summed E-state index contributed by atoms with van der Waals surface area (Å²) in [5.41, 5.74) is 0.118. The highest BCUT2D eigenvalue weighted by molar-refractivity contribution is 6.29. The molecule has 0 spiro atoms. The first kappa shape index (κ1) is 12.6. The highest BCUT2D eigenvalue weighted by Gasteiger charge is 2.13. The van der Waals surface area contributed by atoms with Gasteiger partial charge in [0.05, 0.1) is 0 Å². The number of carbonyl (C=O) groups excluding carboxylic acids is 3. The van der Waals surface area contributed by atoms with E-state index < -0.39 is 0 Å². The molecular weight excluding hydrogens is 272 g/mol. The molecule has 0 fully saturated rings. The topological polar surface area (TPSA) is 101 Å². The van der Waals surface area contributed by atoms with E-state index >= 15 is 0 Å². The molecule has 1 N–H and O–H groups in total. The van der Waals surface area contributed by atoms with Crippen molar-refractivity contribution in [3.05, 3.63) is 39.5 Å². The minimum absolute atomic E-state index is 0.0561. The summed E-state index contributed by atoms with van der Waals surface area (Å²) in [5, 5.41) is 1.71. The Morgan fingerprint density at radius 3 is 2.53 bits per heavy atom. The highest BCUT2D eigenvalue weighted by Crippen LogP contribution is 2.01. The molecule has 2 heterocycles. The molecule has 7 nitrogen and oxygen atoms in total. The predicted octanol–water partition coefficient (Wildman–Crippen LogP) is -2.28. The summed E-state index contributed by atoms with van der Waals surface area (Å²) < 4.78 is 0. The van der Waals surface area contributed by atoms with Gasteiger partial charge in [-0.1, -0.05) is 11.6 Å². The molecule has 1 aromatic rings. The number of hydrogen-bond donors (Lipinski definition) is 1. The summed E-state index contributed by atoms with van der Waals surface area (Å²) in [6, 6.07) is 0. The minimum atomic E-state index is -0.333. The number of hydrogen-bond acceptors (Lipinski definition) is 7. The zero-order chi connectivity index (χ0) is 13.8. The van der Waals surface area contributed by atoms with Crippen molar-refractivity contribution >= 4 is 35.3 Å². The lowest BCUT2D eigenvalue weighted by atomic mass is 10.3. The third-order valence-electron chi connectivity index (χ3n) is 2.08. The second-order valence-corrected chi connectivity index (χ2v) is 3.56. The Balaban J connectivity index is 2.67. The molecule has 0 aliphatic carbocycles. The average Bonchev–Trinajstić information content (AvgIpc) is 2.46. The Hall–Kier alpha value is -2.81. The predicted molar refractivity (Wildman–Crippen MR) is 63.9 cm³/mol. The fourth-order valence-corrected chi connectivity index (χ4v) is 1.47. The zero-order valence-corrected chi connectivity index (χ0v) is 9.85. The number of aromatic nitrogens is 2. The molecule has 0 aromatic carbocycles. The first-order valence-electron chi connectivity index (χ1n) is 4.80. The second kappa shape index (κ2) is 5.23. The molecule has 1 aliphatic heterocycles. The van der Waals surface area contributed by atoms with Crippen molar-refractivity contribution in [3.63, 3.8) is 0 Å². The largest absolute Gasteiger partial charge is 0.328 e. The molecular formula is C11H3ClN4O3. The molecule has 1 aromatic heterocycles. The molecule has 19 heavy (non-hydrogen) atoms. The Morgan fingerprint density at radius 1 is 1.11 bits per heavy atom. The molecule has 8 heteroatoms. The molecule has 92 valence electrons. The Labute approximate surface area is 110 Å². The van der Waals surface area contributed by atoms with Gasteiger partial charge in [0, 0.05) is 6.20 Å². The second-order valence-electron chi connectivity index (χ2n) is 3.20. The van der Waals surface area contributed by atoms with Crippen LogP contribution in [-0.4, -0.2) is 33.6 Å². The van der Waals surface area contributed by atoms with Crippen LogP contribution in [0.4, 0.5) is 0 Å². The Kier molecular flexibility index (Phi) is 3.48. The maximum Gasteiger partial charge on any atom is 0.198 e. The van der Waals surface area contributed by atoms with Gasteiger partial charge in [-0.05, 0) is 6.08 Å². The van der Waals surface area contributed by atoms with Crippen molar-refractivity contribution in [1.82, 2.24) is 15.3 Å². The Morgan fingerprint density at radius 2 is 1.89 bits per heavy atom. The van der Waals surface area contributed by atoms with Gasteiger partial charge < -0.3 is 5.32 Å². The monoisotopic (exact) mass is 274 g/mol.